The highest BCUT2D eigenvalue weighted by Gasteiger charge is 2.35. The smallest absolute Gasteiger partial charge is 0.330 e. The average molecular weight is 541 g/mol. The van der Waals surface area contributed by atoms with E-state index in [0.717, 1.165) is 25.7 Å². The molecule has 3 N–H and O–H groups in total. The van der Waals surface area contributed by atoms with E-state index in [1.807, 2.05) is 19.9 Å². The van der Waals surface area contributed by atoms with Gasteiger partial charge >= 0.3 is 5.97 Å². The van der Waals surface area contributed by atoms with Gasteiger partial charge in [-0.3, -0.25) is 0 Å². The number of aliphatic carboxylic acids is 1. The van der Waals surface area contributed by atoms with Crippen LogP contribution in [0.1, 0.15) is 156 Å². The van der Waals surface area contributed by atoms with Gasteiger partial charge in [-0.05, 0) is 40.0 Å². The van der Waals surface area contributed by atoms with Crippen LogP contribution < -0.4 is 0 Å². The molecule has 0 radical (unpaired) electrons. The van der Waals surface area contributed by atoms with Gasteiger partial charge in [0, 0.05) is 12.0 Å². The predicted molar refractivity (Wildman–Crippen MR) is 155 cm³/mol. The van der Waals surface area contributed by atoms with Gasteiger partial charge in [-0.2, -0.15) is 0 Å². The van der Waals surface area contributed by atoms with Crippen LogP contribution in [0.25, 0.3) is 0 Å². The van der Waals surface area contributed by atoms with Gasteiger partial charge in [0.05, 0.1) is 18.3 Å². The molecular weight excluding hydrogens is 480 g/mol. The van der Waals surface area contributed by atoms with E-state index >= 15 is 0 Å². The minimum atomic E-state index is -0.798. The second-order valence-electron chi connectivity index (χ2n) is 11.7. The van der Waals surface area contributed by atoms with E-state index in [0.29, 0.717) is 12.0 Å². The molecule has 0 bridgehead atoms. The highest BCUT2D eigenvalue weighted by Crippen LogP contribution is 2.23. The minimum absolute atomic E-state index is 0.0625. The molecule has 1 saturated heterocycles. The molecule has 6 heteroatoms. The van der Waals surface area contributed by atoms with Crippen molar-refractivity contribution >= 4 is 5.97 Å². The summed E-state index contributed by atoms with van der Waals surface area (Å²) in [5.74, 6) is -0.798. The Bertz CT molecular complexity index is 607. The SMILES string of the molecule is C/C(=C\CCCCCCCCCCCCCCCCCCCC[C@@H](C)O[C@@H]1O[C@@H](C)[C@H](O)C[C@H]1O)C(=O)O. The third-order valence-corrected chi connectivity index (χ3v) is 7.91. The quantitative estimate of drug-likeness (QED) is 0.0846. The Balaban J connectivity index is 1.77. The molecule has 0 saturated carbocycles. The lowest BCUT2D eigenvalue weighted by Gasteiger charge is -2.36. The summed E-state index contributed by atoms with van der Waals surface area (Å²) in [5.41, 5.74) is 0.469. The van der Waals surface area contributed by atoms with Gasteiger partial charge < -0.3 is 24.8 Å². The zero-order valence-corrected chi connectivity index (χ0v) is 24.9. The highest BCUT2D eigenvalue weighted by molar-refractivity contribution is 5.85. The zero-order chi connectivity index (χ0) is 28.0. The molecule has 0 aromatic rings. The Kier molecular flexibility index (Phi) is 21.1. The van der Waals surface area contributed by atoms with Gasteiger partial charge in [-0.1, -0.05) is 115 Å². The van der Waals surface area contributed by atoms with Crippen LogP contribution in [0.4, 0.5) is 0 Å². The molecule has 1 fully saturated rings. The maximum absolute atomic E-state index is 10.7. The van der Waals surface area contributed by atoms with Crippen molar-refractivity contribution < 1.29 is 29.6 Å². The Morgan fingerprint density at radius 3 is 1.66 bits per heavy atom. The first-order valence-electron chi connectivity index (χ1n) is 15.9. The monoisotopic (exact) mass is 540 g/mol. The van der Waals surface area contributed by atoms with E-state index in [-0.39, 0.29) is 12.2 Å². The van der Waals surface area contributed by atoms with Gasteiger partial charge in [0.2, 0.25) is 0 Å². The number of aliphatic hydroxyl groups excluding tert-OH is 2. The Hall–Kier alpha value is -0.950. The maximum Gasteiger partial charge on any atom is 0.330 e. The van der Waals surface area contributed by atoms with Crippen LogP contribution in [-0.4, -0.2) is 52.0 Å². The zero-order valence-electron chi connectivity index (χ0n) is 24.9. The molecule has 0 spiro atoms. The van der Waals surface area contributed by atoms with E-state index < -0.39 is 24.5 Å². The Labute approximate surface area is 233 Å². The first-order valence-corrected chi connectivity index (χ1v) is 15.9. The van der Waals surface area contributed by atoms with Crippen LogP contribution in [0.15, 0.2) is 11.6 Å². The number of unbranched alkanes of at least 4 members (excludes halogenated alkanes) is 18. The number of carboxylic acid groups (broad SMARTS) is 1. The average Bonchev–Trinajstić information content (AvgIpc) is 2.87. The lowest BCUT2D eigenvalue weighted by molar-refractivity contribution is -0.273. The first-order chi connectivity index (χ1) is 18.3. The van der Waals surface area contributed by atoms with E-state index in [1.165, 1.54) is 103 Å². The largest absolute Gasteiger partial charge is 0.478 e. The topological polar surface area (TPSA) is 96.2 Å². The molecule has 1 aliphatic heterocycles. The molecule has 0 aliphatic carbocycles. The fraction of sp³-hybridized carbons (Fsp3) is 0.906. The fourth-order valence-electron chi connectivity index (χ4n) is 5.17. The molecule has 0 amide bonds. The Morgan fingerprint density at radius 2 is 1.21 bits per heavy atom. The molecule has 224 valence electrons. The van der Waals surface area contributed by atoms with Crippen LogP contribution in [0, 0.1) is 0 Å². The molecule has 6 nitrogen and oxygen atoms in total. The fourth-order valence-corrected chi connectivity index (χ4v) is 5.17. The van der Waals surface area contributed by atoms with Crippen LogP contribution in [0.2, 0.25) is 0 Å². The summed E-state index contributed by atoms with van der Waals surface area (Å²) in [7, 11) is 0. The number of ether oxygens (including phenoxy) is 2. The number of carboxylic acids is 1. The van der Waals surface area contributed by atoms with E-state index in [9.17, 15) is 15.0 Å². The van der Waals surface area contributed by atoms with Crippen LogP contribution in [0.5, 0.6) is 0 Å². The van der Waals surface area contributed by atoms with E-state index in [4.69, 9.17) is 14.6 Å². The molecule has 1 aliphatic rings. The van der Waals surface area contributed by atoms with Crippen molar-refractivity contribution in [2.45, 2.75) is 186 Å². The number of hydrogen-bond acceptors (Lipinski definition) is 5. The second-order valence-corrected chi connectivity index (χ2v) is 11.7. The van der Waals surface area contributed by atoms with Crippen molar-refractivity contribution in [1.29, 1.82) is 0 Å². The molecule has 1 heterocycles. The van der Waals surface area contributed by atoms with Gasteiger partial charge in [0.15, 0.2) is 6.29 Å². The molecule has 0 unspecified atom stereocenters. The minimum Gasteiger partial charge on any atom is -0.478 e. The normalized spacial score (nSPS) is 23.0. The van der Waals surface area contributed by atoms with Crippen molar-refractivity contribution in [1.82, 2.24) is 0 Å². The summed E-state index contributed by atoms with van der Waals surface area (Å²) in [6.07, 6.45) is 25.5. The maximum atomic E-state index is 10.7. The third kappa shape index (κ3) is 18.4. The van der Waals surface area contributed by atoms with Gasteiger partial charge in [-0.15, -0.1) is 0 Å². The number of rotatable bonds is 24. The van der Waals surface area contributed by atoms with Crippen molar-refractivity contribution in [3.63, 3.8) is 0 Å². The van der Waals surface area contributed by atoms with Crippen LogP contribution >= 0.6 is 0 Å². The van der Waals surface area contributed by atoms with Crippen molar-refractivity contribution in [3.05, 3.63) is 11.6 Å². The van der Waals surface area contributed by atoms with Gasteiger partial charge in [0.1, 0.15) is 6.10 Å². The first kappa shape index (κ1) is 35.1. The molecule has 5 atom stereocenters. The highest BCUT2D eigenvalue weighted by atomic mass is 16.7. The lowest BCUT2D eigenvalue weighted by Crippen LogP contribution is -2.48. The summed E-state index contributed by atoms with van der Waals surface area (Å²) < 4.78 is 11.5. The summed E-state index contributed by atoms with van der Waals surface area (Å²) >= 11 is 0. The summed E-state index contributed by atoms with van der Waals surface area (Å²) in [6.45, 7) is 5.53. The number of hydrogen-bond donors (Lipinski definition) is 3. The number of allylic oxidation sites excluding steroid dienone is 1. The number of aliphatic hydroxyl groups is 2. The third-order valence-electron chi connectivity index (χ3n) is 7.91. The van der Waals surface area contributed by atoms with Crippen molar-refractivity contribution in [2.24, 2.45) is 0 Å². The number of carbonyl (C=O) groups is 1. The summed E-state index contributed by atoms with van der Waals surface area (Å²) in [6, 6.07) is 0. The summed E-state index contributed by atoms with van der Waals surface area (Å²) in [4.78, 5) is 10.7. The molecule has 1 rings (SSSR count). The van der Waals surface area contributed by atoms with Crippen molar-refractivity contribution in [3.8, 4) is 0 Å². The lowest BCUT2D eigenvalue weighted by atomic mass is 10.0. The molecular formula is C32H60O6. The molecule has 38 heavy (non-hydrogen) atoms. The second kappa shape index (κ2) is 22.8. The summed E-state index contributed by atoms with van der Waals surface area (Å²) in [5, 5.41) is 28.6. The van der Waals surface area contributed by atoms with Gasteiger partial charge in [-0.25, -0.2) is 4.79 Å². The van der Waals surface area contributed by atoms with Crippen molar-refractivity contribution in [2.75, 3.05) is 0 Å². The van der Waals surface area contributed by atoms with E-state index in [2.05, 4.69) is 0 Å². The standard InChI is InChI=1S/C32H60O6/c1-26(31(35)36)23-21-19-17-15-13-11-9-7-5-4-6-8-10-12-14-16-18-20-22-24-27(2)37-32-30(34)25-29(33)28(3)38-32/h23,27-30,32-34H,4-22,24-25H2,1-3H3,(H,35,36)/b26-23+/t27-,28+,29-,30-,32-/m1/s1. The van der Waals surface area contributed by atoms with Crippen LogP contribution in [-0.2, 0) is 14.3 Å². The van der Waals surface area contributed by atoms with Gasteiger partial charge in [0.25, 0.3) is 0 Å². The molecule has 0 aromatic carbocycles. The Morgan fingerprint density at radius 1 is 0.789 bits per heavy atom. The predicted octanol–water partition coefficient (Wildman–Crippen LogP) is 8.08. The molecule has 0 aromatic heterocycles. The van der Waals surface area contributed by atoms with Crippen LogP contribution in [0.3, 0.4) is 0 Å². The van der Waals surface area contributed by atoms with E-state index in [1.54, 1.807) is 6.92 Å².